The van der Waals surface area contributed by atoms with Crippen molar-refractivity contribution in [2.24, 2.45) is 13.0 Å². The molecule has 0 aromatic carbocycles. The van der Waals surface area contributed by atoms with Gasteiger partial charge in [0.05, 0.1) is 13.2 Å². The normalized spacial score (nSPS) is 29.1. The quantitative estimate of drug-likeness (QED) is 0.881. The molecule has 5 nitrogen and oxygen atoms in total. The maximum absolute atomic E-state index is 13.0. The first kappa shape index (κ1) is 16.7. The van der Waals surface area contributed by atoms with E-state index in [9.17, 15) is 13.2 Å². The van der Waals surface area contributed by atoms with Crippen molar-refractivity contribution in [3.63, 3.8) is 0 Å². The molecule has 0 radical (unpaired) electrons. The van der Waals surface area contributed by atoms with Gasteiger partial charge < -0.3 is 15.4 Å². The lowest BCUT2D eigenvalue weighted by Gasteiger charge is -2.33. The van der Waals surface area contributed by atoms with Gasteiger partial charge >= 0.3 is 6.18 Å². The minimum absolute atomic E-state index is 0.192. The second-order valence-electron chi connectivity index (χ2n) is 6.39. The Morgan fingerprint density at radius 2 is 2.26 bits per heavy atom. The van der Waals surface area contributed by atoms with Crippen LogP contribution in [-0.2, 0) is 24.5 Å². The Morgan fingerprint density at radius 3 is 2.96 bits per heavy atom. The van der Waals surface area contributed by atoms with Crippen molar-refractivity contribution in [2.75, 3.05) is 19.8 Å². The second kappa shape index (κ2) is 6.78. The number of halogens is 3. The minimum Gasteiger partial charge on any atom is -0.379 e. The molecule has 130 valence electrons. The van der Waals surface area contributed by atoms with Crippen LogP contribution in [0.25, 0.3) is 0 Å². The third kappa shape index (κ3) is 3.87. The van der Waals surface area contributed by atoms with Gasteiger partial charge in [-0.25, -0.2) is 0 Å². The van der Waals surface area contributed by atoms with Crippen LogP contribution >= 0.6 is 0 Å². The van der Waals surface area contributed by atoms with E-state index in [0.29, 0.717) is 18.6 Å². The number of morpholine rings is 1. The van der Waals surface area contributed by atoms with E-state index in [1.54, 1.807) is 0 Å². The minimum atomic E-state index is -4.41. The predicted molar refractivity (Wildman–Crippen MR) is 78.8 cm³/mol. The molecule has 3 rings (SSSR count). The summed E-state index contributed by atoms with van der Waals surface area (Å²) < 4.78 is 45.7. The monoisotopic (exact) mass is 332 g/mol. The fourth-order valence-electron chi connectivity index (χ4n) is 3.73. The van der Waals surface area contributed by atoms with Gasteiger partial charge in [-0.2, -0.15) is 18.3 Å². The molecule has 8 heteroatoms. The Morgan fingerprint density at radius 1 is 1.43 bits per heavy atom. The topological polar surface area (TPSA) is 51.1 Å². The Hall–Kier alpha value is -1.12. The molecule has 1 aliphatic carbocycles. The van der Waals surface area contributed by atoms with Gasteiger partial charge in [-0.3, -0.25) is 4.68 Å². The Balaban J connectivity index is 1.63. The summed E-state index contributed by atoms with van der Waals surface area (Å²) >= 11 is 0. The lowest BCUT2D eigenvalue weighted by atomic mass is 9.94. The highest BCUT2D eigenvalue weighted by molar-refractivity contribution is 5.20. The number of ether oxygens (including phenoxy) is 1. The standard InChI is InChI=1S/C15H23F3N4O/c1-22-8-10(14(21-22)15(16,17)18)7-20-12-4-2-3-11(12)13-9-23-6-5-19-13/h8,11-13,19-20H,2-7,9H2,1H3. The zero-order chi connectivity index (χ0) is 16.4. The van der Waals surface area contributed by atoms with Crippen LogP contribution in [0.15, 0.2) is 6.20 Å². The van der Waals surface area contributed by atoms with Crippen LogP contribution < -0.4 is 10.6 Å². The van der Waals surface area contributed by atoms with Crippen molar-refractivity contribution in [1.82, 2.24) is 20.4 Å². The number of nitrogens with one attached hydrogen (secondary N) is 2. The molecular weight excluding hydrogens is 309 g/mol. The van der Waals surface area contributed by atoms with Crippen molar-refractivity contribution < 1.29 is 17.9 Å². The van der Waals surface area contributed by atoms with Crippen LogP contribution in [0.4, 0.5) is 13.2 Å². The fraction of sp³-hybridized carbons (Fsp3) is 0.800. The smallest absolute Gasteiger partial charge is 0.379 e. The Labute approximate surface area is 133 Å². The molecule has 1 saturated heterocycles. The van der Waals surface area contributed by atoms with Crippen LogP contribution in [0.1, 0.15) is 30.5 Å². The summed E-state index contributed by atoms with van der Waals surface area (Å²) in [6.45, 7) is 2.45. The van der Waals surface area contributed by atoms with E-state index in [4.69, 9.17) is 4.74 Å². The summed E-state index contributed by atoms with van der Waals surface area (Å²) in [5.74, 6) is 0.404. The second-order valence-corrected chi connectivity index (χ2v) is 6.39. The summed E-state index contributed by atoms with van der Waals surface area (Å²) in [6.07, 6.45) is 0.204. The molecule has 0 spiro atoms. The van der Waals surface area contributed by atoms with Gasteiger partial charge in [0.25, 0.3) is 0 Å². The van der Waals surface area contributed by atoms with E-state index < -0.39 is 11.9 Å². The van der Waals surface area contributed by atoms with E-state index in [1.807, 2.05) is 0 Å². The molecule has 3 atom stereocenters. The fourth-order valence-corrected chi connectivity index (χ4v) is 3.73. The number of hydrogen-bond acceptors (Lipinski definition) is 4. The summed E-state index contributed by atoms with van der Waals surface area (Å²) in [4.78, 5) is 0. The van der Waals surface area contributed by atoms with Gasteiger partial charge in [-0.05, 0) is 18.8 Å². The summed E-state index contributed by atoms with van der Waals surface area (Å²) in [5, 5.41) is 10.3. The molecule has 2 fully saturated rings. The maximum Gasteiger partial charge on any atom is 0.435 e. The summed E-state index contributed by atoms with van der Waals surface area (Å²) in [5.41, 5.74) is -0.584. The van der Waals surface area contributed by atoms with Gasteiger partial charge in [-0.15, -0.1) is 0 Å². The lowest BCUT2D eigenvalue weighted by Crippen LogP contribution is -2.50. The number of hydrogen-bond donors (Lipinski definition) is 2. The molecule has 2 aliphatic rings. The average molecular weight is 332 g/mol. The SMILES string of the molecule is Cn1cc(CNC2CCCC2C2COCCN2)c(C(F)(F)F)n1. The average Bonchev–Trinajstić information content (AvgIpc) is 3.11. The van der Waals surface area contributed by atoms with Gasteiger partial charge in [0.1, 0.15) is 0 Å². The highest BCUT2D eigenvalue weighted by Crippen LogP contribution is 2.32. The number of nitrogens with zero attached hydrogens (tertiary/aromatic N) is 2. The number of aryl methyl sites for hydroxylation is 1. The van der Waals surface area contributed by atoms with E-state index in [1.165, 1.54) is 17.9 Å². The highest BCUT2D eigenvalue weighted by atomic mass is 19.4. The van der Waals surface area contributed by atoms with Gasteiger partial charge in [-0.1, -0.05) is 6.42 Å². The summed E-state index contributed by atoms with van der Waals surface area (Å²) in [7, 11) is 1.51. The first-order valence-corrected chi connectivity index (χ1v) is 8.09. The molecular formula is C15H23F3N4O. The lowest BCUT2D eigenvalue weighted by molar-refractivity contribution is -0.142. The number of aromatic nitrogens is 2. The van der Waals surface area contributed by atoms with Gasteiger partial charge in [0.15, 0.2) is 5.69 Å². The zero-order valence-corrected chi connectivity index (χ0v) is 13.2. The van der Waals surface area contributed by atoms with Crippen LogP contribution in [0, 0.1) is 5.92 Å². The molecule has 23 heavy (non-hydrogen) atoms. The van der Waals surface area contributed by atoms with Crippen molar-refractivity contribution >= 4 is 0 Å². The van der Waals surface area contributed by atoms with Crippen molar-refractivity contribution in [2.45, 2.75) is 44.1 Å². The van der Waals surface area contributed by atoms with Crippen LogP contribution in [0.2, 0.25) is 0 Å². The highest BCUT2D eigenvalue weighted by Gasteiger charge is 2.38. The molecule has 3 unspecified atom stereocenters. The largest absolute Gasteiger partial charge is 0.435 e. The third-order valence-corrected chi connectivity index (χ3v) is 4.76. The van der Waals surface area contributed by atoms with Gasteiger partial charge in [0.2, 0.25) is 0 Å². The Kier molecular flexibility index (Phi) is 4.93. The number of rotatable bonds is 4. The van der Waals surface area contributed by atoms with E-state index >= 15 is 0 Å². The van der Waals surface area contributed by atoms with Crippen LogP contribution in [0.5, 0.6) is 0 Å². The first-order valence-electron chi connectivity index (χ1n) is 8.09. The van der Waals surface area contributed by atoms with E-state index in [2.05, 4.69) is 15.7 Å². The zero-order valence-electron chi connectivity index (χ0n) is 13.2. The predicted octanol–water partition coefficient (Wildman–Crippen LogP) is 1.69. The molecule has 2 N–H and O–H groups in total. The molecule has 2 heterocycles. The molecule has 1 saturated carbocycles. The number of alkyl halides is 3. The van der Waals surface area contributed by atoms with E-state index in [0.717, 1.165) is 32.4 Å². The molecule has 1 aliphatic heterocycles. The third-order valence-electron chi connectivity index (χ3n) is 4.76. The maximum atomic E-state index is 13.0. The first-order chi connectivity index (χ1) is 10.9. The molecule has 1 aromatic heterocycles. The van der Waals surface area contributed by atoms with E-state index in [-0.39, 0.29) is 18.2 Å². The van der Waals surface area contributed by atoms with Crippen molar-refractivity contribution in [1.29, 1.82) is 0 Å². The molecule has 0 amide bonds. The van der Waals surface area contributed by atoms with Crippen LogP contribution in [0.3, 0.4) is 0 Å². The molecule has 0 bridgehead atoms. The van der Waals surface area contributed by atoms with Crippen molar-refractivity contribution in [3.05, 3.63) is 17.5 Å². The molecule has 1 aromatic rings. The van der Waals surface area contributed by atoms with Crippen LogP contribution in [-0.4, -0.2) is 41.6 Å². The Bertz CT molecular complexity index is 525. The summed E-state index contributed by atoms with van der Waals surface area (Å²) in [6, 6.07) is 0.509. The van der Waals surface area contributed by atoms with Gasteiger partial charge in [0, 0.05) is 44.0 Å². The van der Waals surface area contributed by atoms with Crippen molar-refractivity contribution in [3.8, 4) is 0 Å².